The molecule has 0 aromatic heterocycles. The Hall–Kier alpha value is -0.0800. The first-order chi connectivity index (χ1) is 8.62. The standard InChI is InChI=1S/C16H36N2/c1-4-13-16(2,3)18-15-12-10-8-6-5-7-9-11-14-17/h18H,4-15,17H2,1-3H3. The molecule has 2 heteroatoms. The molecule has 0 aliphatic rings. The lowest BCUT2D eigenvalue weighted by Gasteiger charge is -2.25. The van der Waals surface area contributed by atoms with Crippen LogP contribution >= 0.6 is 0 Å². The van der Waals surface area contributed by atoms with Crippen molar-refractivity contribution < 1.29 is 0 Å². The number of nitrogens with two attached hydrogens (primary N) is 1. The fourth-order valence-corrected chi connectivity index (χ4v) is 2.47. The molecule has 0 atom stereocenters. The van der Waals surface area contributed by atoms with Gasteiger partial charge in [0.2, 0.25) is 0 Å². The zero-order valence-electron chi connectivity index (χ0n) is 13.1. The van der Waals surface area contributed by atoms with Gasteiger partial charge >= 0.3 is 0 Å². The molecule has 0 aromatic carbocycles. The summed E-state index contributed by atoms with van der Waals surface area (Å²) in [7, 11) is 0. The second kappa shape index (κ2) is 12.0. The van der Waals surface area contributed by atoms with E-state index in [0.717, 1.165) is 6.54 Å². The van der Waals surface area contributed by atoms with E-state index < -0.39 is 0 Å². The van der Waals surface area contributed by atoms with Crippen molar-refractivity contribution in [3.8, 4) is 0 Å². The van der Waals surface area contributed by atoms with Crippen molar-refractivity contribution >= 4 is 0 Å². The molecule has 0 bridgehead atoms. The second-order valence-electron chi connectivity index (χ2n) is 6.18. The van der Waals surface area contributed by atoms with Crippen molar-refractivity contribution in [2.24, 2.45) is 5.73 Å². The van der Waals surface area contributed by atoms with E-state index in [2.05, 4.69) is 26.1 Å². The van der Waals surface area contributed by atoms with E-state index in [4.69, 9.17) is 5.73 Å². The molecule has 18 heavy (non-hydrogen) atoms. The van der Waals surface area contributed by atoms with Crippen LogP contribution in [0.4, 0.5) is 0 Å². The van der Waals surface area contributed by atoms with Gasteiger partial charge in [0.15, 0.2) is 0 Å². The van der Waals surface area contributed by atoms with Gasteiger partial charge < -0.3 is 11.1 Å². The monoisotopic (exact) mass is 256 g/mol. The Morgan fingerprint density at radius 2 is 1.33 bits per heavy atom. The van der Waals surface area contributed by atoms with Gasteiger partial charge in [-0.1, -0.05) is 51.9 Å². The molecule has 0 saturated heterocycles. The minimum absolute atomic E-state index is 0.330. The van der Waals surface area contributed by atoms with Gasteiger partial charge in [0.05, 0.1) is 0 Å². The quantitative estimate of drug-likeness (QED) is 0.484. The highest BCUT2D eigenvalue weighted by Gasteiger charge is 2.14. The number of hydrogen-bond acceptors (Lipinski definition) is 2. The van der Waals surface area contributed by atoms with E-state index >= 15 is 0 Å². The maximum atomic E-state index is 5.47. The predicted octanol–water partition coefficient (Wildman–Crippen LogP) is 4.23. The Morgan fingerprint density at radius 1 is 0.833 bits per heavy atom. The third-order valence-electron chi connectivity index (χ3n) is 3.61. The molecule has 0 aromatic rings. The van der Waals surface area contributed by atoms with Crippen LogP contribution in [0.5, 0.6) is 0 Å². The molecule has 3 N–H and O–H groups in total. The molecule has 0 heterocycles. The van der Waals surface area contributed by atoms with Crippen LogP contribution in [0, 0.1) is 0 Å². The summed E-state index contributed by atoms with van der Waals surface area (Å²) in [6.45, 7) is 8.93. The van der Waals surface area contributed by atoms with Crippen molar-refractivity contribution in [1.29, 1.82) is 0 Å². The fraction of sp³-hybridized carbons (Fsp3) is 1.00. The van der Waals surface area contributed by atoms with Crippen LogP contribution in [0.2, 0.25) is 0 Å². The number of hydrogen-bond donors (Lipinski definition) is 2. The maximum Gasteiger partial charge on any atom is 0.0125 e. The number of nitrogens with one attached hydrogen (secondary N) is 1. The first-order valence-electron chi connectivity index (χ1n) is 8.07. The molecule has 0 spiro atoms. The van der Waals surface area contributed by atoms with Gasteiger partial charge in [0.1, 0.15) is 0 Å². The predicted molar refractivity (Wildman–Crippen MR) is 83.0 cm³/mol. The lowest BCUT2D eigenvalue weighted by Crippen LogP contribution is -2.39. The van der Waals surface area contributed by atoms with Gasteiger partial charge in [0, 0.05) is 5.54 Å². The van der Waals surface area contributed by atoms with E-state index in [9.17, 15) is 0 Å². The summed E-state index contributed by atoms with van der Waals surface area (Å²) < 4.78 is 0. The molecule has 0 saturated carbocycles. The van der Waals surface area contributed by atoms with Crippen LogP contribution in [0.25, 0.3) is 0 Å². The summed E-state index contributed by atoms with van der Waals surface area (Å²) in [6.07, 6.45) is 13.4. The Morgan fingerprint density at radius 3 is 1.83 bits per heavy atom. The minimum atomic E-state index is 0.330. The summed E-state index contributed by atoms with van der Waals surface area (Å²) in [5.41, 5.74) is 5.80. The summed E-state index contributed by atoms with van der Waals surface area (Å²) >= 11 is 0. The Bertz CT molecular complexity index is 166. The fourth-order valence-electron chi connectivity index (χ4n) is 2.47. The highest BCUT2D eigenvalue weighted by atomic mass is 14.9. The van der Waals surface area contributed by atoms with Gasteiger partial charge in [-0.15, -0.1) is 0 Å². The third-order valence-corrected chi connectivity index (χ3v) is 3.61. The van der Waals surface area contributed by atoms with Crippen LogP contribution in [0.1, 0.15) is 85.0 Å². The molecular weight excluding hydrogens is 220 g/mol. The van der Waals surface area contributed by atoms with Crippen LogP contribution in [0.15, 0.2) is 0 Å². The average molecular weight is 256 g/mol. The smallest absolute Gasteiger partial charge is 0.0125 e. The van der Waals surface area contributed by atoms with Gasteiger partial charge in [-0.2, -0.15) is 0 Å². The van der Waals surface area contributed by atoms with E-state index in [1.165, 1.54) is 70.8 Å². The van der Waals surface area contributed by atoms with Crippen molar-refractivity contribution in [3.05, 3.63) is 0 Å². The van der Waals surface area contributed by atoms with Gasteiger partial charge in [0.25, 0.3) is 0 Å². The highest BCUT2D eigenvalue weighted by Crippen LogP contribution is 2.11. The molecule has 0 aliphatic carbocycles. The maximum absolute atomic E-state index is 5.47. The molecule has 0 radical (unpaired) electrons. The summed E-state index contributed by atoms with van der Waals surface area (Å²) in [4.78, 5) is 0. The van der Waals surface area contributed by atoms with E-state index in [0.29, 0.717) is 5.54 Å². The second-order valence-corrected chi connectivity index (χ2v) is 6.18. The molecule has 0 aliphatic heterocycles. The molecule has 2 nitrogen and oxygen atoms in total. The summed E-state index contributed by atoms with van der Waals surface area (Å²) in [5.74, 6) is 0. The lowest BCUT2D eigenvalue weighted by molar-refractivity contribution is 0.354. The van der Waals surface area contributed by atoms with Crippen LogP contribution in [-0.4, -0.2) is 18.6 Å². The summed E-state index contributed by atoms with van der Waals surface area (Å²) in [5, 5.41) is 3.66. The average Bonchev–Trinajstić information content (AvgIpc) is 2.31. The number of rotatable bonds is 13. The molecule has 0 amide bonds. The first kappa shape index (κ1) is 17.9. The van der Waals surface area contributed by atoms with Crippen molar-refractivity contribution in [1.82, 2.24) is 5.32 Å². The van der Waals surface area contributed by atoms with E-state index in [-0.39, 0.29) is 0 Å². The van der Waals surface area contributed by atoms with Gasteiger partial charge in [-0.25, -0.2) is 0 Å². The third kappa shape index (κ3) is 12.4. The Kier molecular flexibility index (Phi) is 11.9. The number of unbranched alkanes of at least 4 members (excludes halogenated alkanes) is 7. The van der Waals surface area contributed by atoms with Crippen molar-refractivity contribution in [3.63, 3.8) is 0 Å². The van der Waals surface area contributed by atoms with Crippen LogP contribution < -0.4 is 11.1 Å². The normalized spacial score (nSPS) is 12.0. The molecule has 0 rings (SSSR count). The summed E-state index contributed by atoms with van der Waals surface area (Å²) in [6, 6.07) is 0. The molecular formula is C16H36N2. The van der Waals surface area contributed by atoms with Crippen LogP contribution in [0.3, 0.4) is 0 Å². The van der Waals surface area contributed by atoms with Crippen molar-refractivity contribution in [2.75, 3.05) is 13.1 Å². The molecule has 0 unspecified atom stereocenters. The lowest BCUT2D eigenvalue weighted by atomic mass is 9.98. The Labute approximate surface area is 115 Å². The topological polar surface area (TPSA) is 38.0 Å². The van der Waals surface area contributed by atoms with Crippen LogP contribution in [-0.2, 0) is 0 Å². The zero-order valence-corrected chi connectivity index (χ0v) is 13.1. The first-order valence-corrected chi connectivity index (χ1v) is 8.07. The molecule has 110 valence electrons. The van der Waals surface area contributed by atoms with Gasteiger partial charge in [-0.05, 0) is 46.2 Å². The Balaban J connectivity index is 3.16. The van der Waals surface area contributed by atoms with E-state index in [1.54, 1.807) is 0 Å². The van der Waals surface area contributed by atoms with Crippen molar-refractivity contribution in [2.45, 2.75) is 90.5 Å². The SMILES string of the molecule is CCCC(C)(C)NCCCCCCCCCCN. The molecule has 0 fully saturated rings. The minimum Gasteiger partial charge on any atom is -0.330 e. The largest absolute Gasteiger partial charge is 0.330 e. The van der Waals surface area contributed by atoms with Gasteiger partial charge in [-0.3, -0.25) is 0 Å². The highest BCUT2D eigenvalue weighted by molar-refractivity contribution is 4.76. The van der Waals surface area contributed by atoms with E-state index in [1.807, 2.05) is 0 Å². The zero-order chi connectivity index (χ0) is 13.7.